The number of ether oxygens (including phenoxy) is 2. The normalized spacial score (nSPS) is 33.4. The van der Waals surface area contributed by atoms with Crippen molar-refractivity contribution in [2.45, 2.75) is 24.8 Å². The maximum atomic E-state index is 5.91. The molecule has 3 atom stereocenters. The summed E-state index contributed by atoms with van der Waals surface area (Å²) in [5.41, 5.74) is 5.91. The van der Waals surface area contributed by atoms with Crippen molar-refractivity contribution in [2.75, 3.05) is 26.4 Å². The number of aromatic nitrogens is 2. The van der Waals surface area contributed by atoms with E-state index in [0.717, 1.165) is 31.9 Å². The lowest BCUT2D eigenvalue weighted by Crippen LogP contribution is -2.27. The van der Waals surface area contributed by atoms with Crippen molar-refractivity contribution in [1.29, 1.82) is 0 Å². The fourth-order valence-corrected chi connectivity index (χ4v) is 2.33. The average molecular weight is 239 g/mol. The highest BCUT2D eigenvalue weighted by molar-refractivity contribution is 5.02. The Hall–Kier alpha value is -0.980. The SMILES string of the molecule is NC1COCC1c1nc(CC2CCOC2)no1. The molecule has 0 amide bonds. The van der Waals surface area contributed by atoms with E-state index in [-0.39, 0.29) is 12.0 Å². The van der Waals surface area contributed by atoms with Crippen molar-refractivity contribution in [3.05, 3.63) is 11.7 Å². The molecule has 3 unspecified atom stereocenters. The van der Waals surface area contributed by atoms with Gasteiger partial charge in [-0.2, -0.15) is 4.98 Å². The lowest BCUT2D eigenvalue weighted by Gasteiger charge is -2.06. The van der Waals surface area contributed by atoms with Gasteiger partial charge in [-0.1, -0.05) is 5.16 Å². The Balaban J connectivity index is 1.65. The summed E-state index contributed by atoms with van der Waals surface area (Å²) in [5, 5.41) is 4.01. The summed E-state index contributed by atoms with van der Waals surface area (Å²) in [7, 11) is 0. The van der Waals surface area contributed by atoms with Gasteiger partial charge in [-0.15, -0.1) is 0 Å². The van der Waals surface area contributed by atoms with Crippen molar-refractivity contribution < 1.29 is 14.0 Å². The molecule has 2 aliphatic rings. The third kappa shape index (κ3) is 2.34. The van der Waals surface area contributed by atoms with E-state index >= 15 is 0 Å². The van der Waals surface area contributed by atoms with Crippen LogP contribution in [0.15, 0.2) is 4.52 Å². The van der Waals surface area contributed by atoms with Gasteiger partial charge >= 0.3 is 0 Å². The summed E-state index contributed by atoms with van der Waals surface area (Å²) in [5.74, 6) is 1.95. The smallest absolute Gasteiger partial charge is 0.233 e. The minimum atomic E-state index is -0.0295. The number of hydrogen-bond donors (Lipinski definition) is 1. The molecular formula is C11H17N3O3. The number of rotatable bonds is 3. The topological polar surface area (TPSA) is 83.4 Å². The van der Waals surface area contributed by atoms with Crippen LogP contribution in [-0.2, 0) is 15.9 Å². The highest BCUT2D eigenvalue weighted by atomic mass is 16.5. The van der Waals surface area contributed by atoms with Gasteiger partial charge in [-0.05, 0) is 12.3 Å². The van der Waals surface area contributed by atoms with E-state index in [2.05, 4.69) is 10.1 Å². The van der Waals surface area contributed by atoms with Crippen molar-refractivity contribution in [2.24, 2.45) is 11.7 Å². The summed E-state index contributed by atoms with van der Waals surface area (Å²) in [4.78, 5) is 4.41. The first-order valence-electron chi connectivity index (χ1n) is 6.06. The first-order valence-corrected chi connectivity index (χ1v) is 6.06. The van der Waals surface area contributed by atoms with Gasteiger partial charge in [0.2, 0.25) is 5.89 Å². The van der Waals surface area contributed by atoms with E-state index in [1.807, 2.05) is 0 Å². The molecule has 0 spiro atoms. The van der Waals surface area contributed by atoms with E-state index in [4.69, 9.17) is 19.7 Å². The predicted molar refractivity (Wildman–Crippen MR) is 58.5 cm³/mol. The van der Waals surface area contributed by atoms with Gasteiger partial charge in [0.25, 0.3) is 0 Å². The van der Waals surface area contributed by atoms with E-state index in [9.17, 15) is 0 Å². The van der Waals surface area contributed by atoms with Gasteiger partial charge in [0, 0.05) is 25.7 Å². The molecule has 2 N–H and O–H groups in total. The van der Waals surface area contributed by atoms with E-state index in [1.54, 1.807) is 0 Å². The molecule has 2 aliphatic heterocycles. The van der Waals surface area contributed by atoms with Crippen LogP contribution in [0.5, 0.6) is 0 Å². The summed E-state index contributed by atoms with van der Waals surface area (Å²) in [6.07, 6.45) is 1.91. The maximum absolute atomic E-state index is 5.91. The molecule has 0 aromatic carbocycles. The zero-order valence-electron chi connectivity index (χ0n) is 9.67. The zero-order valence-corrected chi connectivity index (χ0v) is 9.67. The Morgan fingerprint density at radius 3 is 2.88 bits per heavy atom. The fourth-order valence-electron chi connectivity index (χ4n) is 2.33. The first-order chi connectivity index (χ1) is 8.33. The second-order valence-electron chi connectivity index (χ2n) is 4.79. The Morgan fingerprint density at radius 2 is 2.18 bits per heavy atom. The molecule has 0 bridgehead atoms. The molecule has 0 radical (unpaired) electrons. The second-order valence-corrected chi connectivity index (χ2v) is 4.79. The average Bonchev–Trinajstić information content (AvgIpc) is 3.00. The number of nitrogens with zero attached hydrogens (tertiary/aromatic N) is 2. The minimum Gasteiger partial charge on any atom is -0.381 e. The van der Waals surface area contributed by atoms with Gasteiger partial charge in [0.15, 0.2) is 5.82 Å². The van der Waals surface area contributed by atoms with Crippen LogP contribution in [0.3, 0.4) is 0 Å². The van der Waals surface area contributed by atoms with Crippen LogP contribution in [-0.4, -0.2) is 42.6 Å². The Labute approximate surface area is 99.5 Å². The van der Waals surface area contributed by atoms with E-state index in [1.165, 1.54) is 0 Å². The second kappa shape index (κ2) is 4.72. The van der Waals surface area contributed by atoms with Gasteiger partial charge in [0.05, 0.1) is 19.1 Å². The molecule has 3 rings (SSSR count). The van der Waals surface area contributed by atoms with Crippen LogP contribution in [0, 0.1) is 5.92 Å². The Morgan fingerprint density at radius 1 is 1.24 bits per heavy atom. The third-order valence-electron chi connectivity index (χ3n) is 3.42. The highest BCUT2D eigenvalue weighted by Gasteiger charge is 2.31. The summed E-state index contributed by atoms with van der Waals surface area (Å²) in [6, 6.07) is -0.0295. The predicted octanol–water partition coefficient (Wildman–Crippen LogP) is 0.0897. The molecule has 2 saturated heterocycles. The largest absolute Gasteiger partial charge is 0.381 e. The molecule has 6 nitrogen and oxygen atoms in total. The highest BCUT2D eigenvalue weighted by Crippen LogP contribution is 2.24. The van der Waals surface area contributed by atoms with Crippen molar-refractivity contribution in [3.63, 3.8) is 0 Å². The van der Waals surface area contributed by atoms with Gasteiger partial charge in [-0.25, -0.2) is 0 Å². The summed E-state index contributed by atoms with van der Waals surface area (Å²) in [6.45, 7) is 2.79. The monoisotopic (exact) mass is 239 g/mol. The fraction of sp³-hybridized carbons (Fsp3) is 0.818. The van der Waals surface area contributed by atoms with Gasteiger partial charge < -0.3 is 19.7 Å². The van der Waals surface area contributed by atoms with Crippen molar-refractivity contribution in [3.8, 4) is 0 Å². The van der Waals surface area contributed by atoms with Crippen LogP contribution >= 0.6 is 0 Å². The standard InChI is InChI=1S/C11H17N3O3/c12-9-6-16-5-8(9)11-13-10(14-17-11)3-7-1-2-15-4-7/h7-9H,1-6,12H2. The molecule has 6 heteroatoms. The molecule has 94 valence electrons. The number of hydrogen-bond acceptors (Lipinski definition) is 6. The maximum Gasteiger partial charge on any atom is 0.233 e. The van der Waals surface area contributed by atoms with Gasteiger partial charge in [0.1, 0.15) is 0 Å². The lowest BCUT2D eigenvalue weighted by atomic mass is 10.0. The molecule has 0 saturated carbocycles. The van der Waals surface area contributed by atoms with E-state index < -0.39 is 0 Å². The quantitative estimate of drug-likeness (QED) is 0.804. The summed E-state index contributed by atoms with van der Waals surface area (Å²) >= 11 is 0. The molecule has 17 heavy (non-hydrogen) atoms. The third-order valence-corrected chi connectivity index (χ3v) is 3.42. The molecule has 1 aromatic heterocycles. The Bertz CT molecular complexity index is 376. The van der Waals surface area contributed by atoms with Crippen LogP contribution in [0.1, 0.15) is 24.1 Å². The van der Waals surface area contributed by atoms with Crippen LogP contribution in [0.4, 0.5) is 0 Å². The first kappa shape index (κ1) is 11.1. The molecule has 1 aromatic rings. The molecule has 2 fully saturated rings. The zero-order chi connectivity index (χ0) is 11.7. The molecule has 3 heterocycles. The van der Waals surface area contributed by atoms with Crippen LogP contribution in [0.25, 0.3) is 0 Å². The van der Waals surface area contributed by atoms with Crippen molar-refractivity contribution in [1.82, 2.24) is 10.1 Å². The Kier molecular flexibility index (Phi) is 3.09. The van der Waals surface area contributed by atoms with Crippen LogP contribution < -0.4 is 5.73 Å². The number of nitrogens with two attached hydrogens (primary N) is 1. The summed E-state index contributed by atoms with van der Waals surface area (Å²) < 4.78 is 15.9. The minimum absolute atomic E-state index is 0.0295. The van der Waals surface area contributed by atoms with Gasteiger partial charge in [-0.3, -0.25) is 0 Å². The molecule has 0 aliphatic carbocycles. The lowest BCUT2D eigenvalue weighted by molar-refractivity contribution is 0.185. The van der Waals surface area contributed by atoms with Crippen LogP contribution in [0.2, 0.25) is 0 Å². The van der Waals surface area contributed by atoms with Crippen molar-refractivity contribution >= 4 is 0 Å². The molecular weight excluding hydrogens is 222 g/mol. The van der Waals surface area contributed by atoms with E-state index in [0.29, 0.717) is 25.0 Å².